The van der Waals surface area contributed by atoms with E-state index in [1.807, 2.05) is 0 Å². The van der Waals surface area contributed by atoms with Crippen LogP contribution in [0.4, 0.5) is 0 Å². The van der Waals surface area contributed by atoms with Crippen LogP contribution in [-0.4, -0.2) is 34.2 Å². The van der Waals surface area contributed by atoms with E-state index in [1.165, 1.54) is 0 Å². The maximum atomic E-state index is 10.3. The van der Waals surface area contributed by atoms with Gasteiger partial charge in [-0.1, -0.05) is 0 Å². The van der Waals surface area contributed by atoms with E-state index in [0.717, 1.165) is 0 Å². The number of nitrogens with one attached hydrogen (secondary N) is 1. The SMILES string of the molecule is O=C(O)[C@@H]1CC[C@@H](C(=O)O)N1. The van der Waals surface area contributed by atoms with Crippen LogP contribution >= 0.6 is 0 Å². The summed E-state index contributed by atoms with van der Waals surface area (Å²) in [5, 5.41) is 19.4. The van der Waals surface area contributed by atoms with Crippen LogP contribution in [0.5, 0.6) is 0 Å². The molecule has 0 aromatic carbocycles. The molecule has 1 fully saturated rings. The van der Waals surface area contributed by atoms with Crippen LogP contribution in [0.2, 0.25) is 0 Å². The lowest BCUT2D eigenvalue weighted by molar-refractivity contribution is -0.140. The van der Waals surface area contributed by atoms with Gasteiger partial charge in [0.1, 0.15) is 12.1 Å². The summed E-state index contributed by atoms with van der Waals surface area (Å²) in [4.78, 5) is 20.6. The van der Waals surface area contributed by atoms with Crippen LogP contribution in [0.3, 0.4) is 0 Å². The minimum Gasteiger partial charge on any atom is -0.480 e. The lowest BCUT2D eigenvalue weighted by atomic mass is 10.2. The zero-order chi connectivity index (χ0) is 8.43. The summed E-state index contributed by atoms with van der Waals surface area (Å²) in [6.45, 7) is 0. The molecule has 1 saturated heterocycles. The van der Waals surface area contributed by atoms with Gasteiger partial charge in [-0.2, -0.15) is 0 Å². The van der Waals surface area contributed by atoms with Crippen molar-refractivity contribution in [1.29, 1.82) is 0 Å². The van der Waals surface area contributed by atoms with Crippen molar-refractivity contribution >= 4 is 11.9 Å². The lowest BCUT2D eigenvalue weighted by Gasteiger charge is -2.05. The van der Waals surface area contributed by atoms with E-state index in [-0.39, 0.29) is 0 Å². The van der Waals surface area contributed by atoms with Gasteiger partial charge in [0.25, 0.3) is 0 Å². The van der Waals surface area contributed by atoms with Crippen LogP contribution in [0.1, 0.15) is 12.8 Å². The van der Waals surface area contributed by atoms with Gasteiger partial charge >= 0.3 is 11.9 Å². The summed E-state index contributed by atoms with van der Waals surface area (Å²) in [5.41, 5.74) is 0. The molecule has 0 aromatic heterocycles. The van der Waals surface area contributed by atoms with Gasteiger partial charge in [0.2, 0.25) is 0 Å². The number of aliphatic carboxylic acids is 2. The topological polar surface area (TPSA) is 86.6 Å². The fraction of sp³-hybridized carbons (Fsp3) is 0.667. The van der Waals surface area contributed by atoms with Crippen LogP contribution in [0.15, 0.2) is 0 Å². The Morgan fingerprint density at radius 1 is 1.09 bits per heavy atom. The first-order valence-electron chi connectivity index (χ1n) is 3.33. The molecule has 62 valence electrons. The largest absolute Gasteiger partial charge is 0.480 e. The van der Waals surface area contributed by atoms with Gasteiger partial charge in [-0.3, -0.25) is 14.9 Å². The summed E-state index contributed by atoms with van der Waals surface area (Å²) < 4.78 is 0. The molecule has 3 N–H and O–H groups in total. The van der Waals surface area contributed by atoms with Gasteiger partial charge in [0.05, 0.1) is 0 Å². The number of rotatable bonds is 2. The van der Waals surface area contributed by atoms with E-state index in [1.54, 1.807) is 0 Å². The highest BCUT2D eigenvalue weighted by atomic mass is 16.4. The highest BCUT2D eigenvalue weighted by Gasteiger charge is 2.32. The Balaban J connectivity index is 2.47. The first kappa shape index (κ1) is 8.00. The summed E-state index contributed by atoms with van der Waals surface area (Å²) in [6, 6.07) is -1.37. The average molecular weight is 159 g/mol. The van der Waals surface area contributed by atoms with Crippen LogP contribution in [-0.2, 0) is 9.59 Å². The molecule has 0 unspecified atom stereocenters. The minimum atomic E-state index is -0.978. The number of hydrogen-bond donors (Lipinski definition) is 3. The highest BCUT2D eigenvalue weighted by Crippen LogP contribution is 2.12. The van der Waals surface area contributed by atoms with Crippen LogP contribution < -0.4 is 5.32 Å². The monoisotopic (exact) mass is 159 g/mol. The summed E-state index contributed by atoms with van der Waals surface area (Å²) in [5.74, 6) is -1.96. The quantitative estimate of drug-likeness (QED) is 0.494. The molecule has 2 atom stereocenters. The Bertz CT molecular complexity index is 171. The number of carboxylic acids is 2. The molecule has 1 heterocycles. The zero-order valence-electron chi connectivity index (χ0n) is 5.78. The Kier molecular flexibility index (Phi) is 2.09. The molecule has 0 radical (unpaired) electrons. The Morgan fingerprint density at radius 3 is 1.64 bits per heavy atom. The predicted octanol–water partition coefficient (Wildman–Crippen LogP) is -0.724. The normalized spacial score (nSPS) is 30.2. The van der Waals surface area contributed by atoms with Crippen molar-refractivity contribution in [3.63, 3.8) is 0 Å². The standard InChI is InChI=1S/C6H9NO4/c8-5(9)3-1-2-4(7-3)6(10)11/h3-4,7H,1-2H2,(H,8,9)(H,10,11)/t3-,4-/m0/s1. The Labute approximate surface area is 63.0 Å². The first-order chi connectivity index (χ1) is 5.11. The second kappa shape index (κ2) is 2.87. The van der Waals surface area contributed by atoms with Crippen LogP contribution in [0, 0.1) is 0 Å². The maximum Gasteiger partial charge on any atom is 0.320 e. The molecule has 0 amide bonds. The van der Waals surface area contributed by atoms with Gasteiger partial charge in [0, 0.05) is 0 Å². The van der Waals surface area contributed by atoms with Crippen molar-refractivity contribution in [2.45, 2.75) is 24.9 Å². The molecule has 0 bridgehead atoms. The fourth-order valence-corrected chi connectivity index (χ4v) is 1.13. The summed E-state index contributed by atoms with van der Waals surface area (Å²) >= 11 is 0. The Morgan fingerprint density at radius 2 is 1.45 bits per heavy atom. The molecule has 0 spiro atoms. The van der Waals surface area contributed by atoms with Gasteiger partial charge in [0.15, 0.2) is 0 Å². The molecule has 11 heavy (non-hydrogen) atoms. The molecular weight excluding hydrogens is 150 g/mol. The molecule has 5 nitrogen and oxygen atoms in total. The van der Waals surface area contributed by atoms with E-state index >= 15 is 0 Å². The fourth-order valence-electron chi connectivity index (χ4n) is 1.13. The first-order valence-corrected chi connectivity index (χ1v) is 3.33. The van der Waals surface area contributed by atoms with E-state index in [2.05, 4.69) is 5.32 Å². The van der Waals surface area contributed by atoms with E-state index in [0.29, 0.717) is 12.8 Å². The Hall–Kier alpha value is -1.10. The third-order valence-electron chi connectivity index (χ3n) is 1.74. The third kappa shape index (κ3) is 1.68. The van der Waals surface area contributed by atoms with Gasteiger partial charge < -0.3 is 10.2 Å². The van der Waals surface area contributed by atoms with E-state index in [4.69, 9.17) is 10.2 Å². The van der Waals surface area contributed by atoms with Gasteiger partial charge in [-0.05, 0) is 12.8 Å². The van der Waals surface area contributed by atoms with Crippen molar-refractivity contribution in [3.05, 3.63) is 0 Å². The molecule has 1 rings (SSSR count). The van der Waals surface area contributed by atoms with Crippen LogP contribution in [0.25, 0.3) is 0 Å². The zero-order valence-corrected chi connectivity index (χ0v) is 5.78. The van der Waals surface area contributed by atoms with Crippen molar-refractivity contribution in [3.8, 4) is 0 Å². The maximum absolute atomic E-state index is 10.3. The van der Waals surface area contributed by atoms with E-state index in [9.17, 15) is 9.59 Å². The molecule has 0 aliphatic carbocycles. The second-order valence-electron chi connectivity index (χ2n) is 2.53. The number of carbonyl (C=O) groups is 2. The molecule has 1 aliphatic rings. The van der Waals surface area contributed by atoms with Crippen molar-refractivity contribution in [2.24, 2.45) is 0 Å². The molecule has 0 aromatic rings. The third-order valence-corrected chi connectivity index (χ3v) is 1.74. The van der Waals surface area contributed by atoms with E-state index < -0.39 is 24.0 Å². The van der Waals surface area contributed by atoms with Crippen molar-refractivity contribution in [2.75, 3.05) is 0 Å². The molecule has 0 saturated carbocycles. The number of hydrogen-bond acceptors (Lipinski definition) is 3. The van der Waals surface area contributed by atoms with Crippen molar-refractivity contribution in [1.82, 2.24) is 5.32 Å². The minimum absolute atomic E-state index is 0.395. The van der Waals surface area contributed by atoms with Gasteiger partial charge in [-0.25, -0.2) is 0 Å². The lowest BCUT2D eigenvalue weighted by Crippen LogP contribution is -2.39. The average Bonchev–Trinajstić information content (AvgIpc) is 2.33. The smallest absolute Gasteiger partial charge is 0.320 e. The van der Waals surface area contributed by atoms with Gasteiger partial charge in [-0.15, -0.1) is 0 Å². The predicted molar refractivity (Wildman–Crippen MR) is 35.2 cm³/mol. The summed E-state index contributed by atoms with van der Waals surface area (Å²) in [6.07, 6.45) is 0.790. The summed E-state index contributed by atoms with van der Waals surface area (Å²) in [7, 11) is 0. The number of carboxylic acid groups (broad SMARTS) is 2. The highest BCUT2D eigenvalue weighted by molar-refractivity contribution is 5.79. The van der Waals surface area contributed by atoms with Crippen molar-refractivity contribution < 1.29 is 19.8 Å². The molecule has 5 heteroatoms. The second-order valence-corrected chi connectivity index (χ2v) is 2.53. The molecule has 1 aliphatic heterocycles. The molecular formula is C6H9NO4.